The maximum absolute atomic E-state index is 12.8. The minimum Gasteiger partial charge on any atom is -0.481 e. The van der Waals surface area contributed by atoms with Crippen LogP contribution in [0.4, 0.5) is 0 Å². The van der Waals surface area contributed by atoms with Crippen LogP contribution in [-0.4, -0.2) is 16.9 Å². The van der Waals surface area contributed by atoms with E-state index in [9.17, 15) is 14.7 Å². The van der Waals surface area contributed by atoms with Gasteiger partial charge in [-0.1, -0.05) is 72.8 Å². The molecule has 0 aromatic carbocycles. The Labute approximate surface area is 207 Å². The van der Waals surface area contributed by atoms with Gasteiger partial charge in [-0.05, 0) is 90.1 Å². The Morgan fingerprint density at radius 1 is 1.12 bits per heavy atom. The molecule has 4 aliphatic rings. The minimum atomic E-state index is -0.640. The van der Waals surface area contributed by atoms with Gasteiger partial charge < -0.3 is 5.11 Å². The number of carbonyl (C=O) groups is 2. The molecular formula is C31H46O3. The van der Waals surface area contributed by atoms with E-state index in [-0.39, 0.29) is 33.5 Å². The molecule has 0 heterocycles. The van der Waals surface area contributed by atoms with Crippen molar-refractivity contribution in [2.45, 2.75) is 99.8 Å². The first-order valence-electron chi connectivity index (χ1n) is 13.6. The second-order valence-corrected chi connectivity index (χ2v) is 13.5. The lowest BCUT2D eigenvalue weighted by Crippen LogP contribution is -2.53. The molecule has 0 aromatic rings. The molecule has 2 fully saturated rings. The van der Waals surface area contributed by atoms with Crippen molar-refractivity contribution in [1.82, 2.24) is 0 Å². The lowest BCUT2D eigenvalue weighted by atomic mass is 9.44. The van der Waals surface area contributed by atoms with Crippen molar-refractivity contribution < 1.29 is 14.7 Å². The number of aliphatic carboxylic acids is 1. The van der Waals surface area contributed by atoms with Crippen molar-refractivity contribution in [2.75, 3.05) is 0 Å². The van der Waals surface area contributed by atoms with Crippen molar-refractivity contribution in [3.05, 3.63) is 35.5 Å². The maximum atomic E-state index is 12.8. The molecule has 188 valence electrons. The number of ketones is 1. The van der Waals surface area contributed by atoms with E-state index >= 15 is 0 Å². The number of carboxylic acids is 1. The lowest BCUT2D eigenvalue weighted by Gasteiger charge is -2.59. The fraction of sp³-hybridized carbons (Fsp3) is 0.742. The van der Waals surface area contributed by atoms with Gasteiger partial charge in [0.2, 0.25) is 0 Å². The third kappa shape index (κ3) is 3.43. The first-order chi connectivity index (χ1) is 15.7. The Kier molecular flexibility index (Phi) is 6.14. The van der Waals surface area contributed by atoms with Crippen molar-refractivity contribution >= 4 is 11.8 Å². The monoisotopic (exact) mass is 466 g/mol. The Morgan fingerprint density at radius 2 is 1.79 bits per heavy atom. The zero-order valence-electron chi connectivity index (χ0n) is 22.6. The van der Waals surface area contributed by atoms with E-state index in [2.05, 4.69) is 67.2 Å². The fourth-order valence-electron chi connectivity index (χ4n) is 8.62. The van der Waals surface area contributed by atoms with E-state index in [0.717, 1.165) is 44.1 Å². The number of carbonyl (C=O) groups excluding carboxylic acids is 1. The van der Waals surface area contributed by atoms with E-state index in [4.69, 9.17) is 0 Å². The Balaban J connectivity index is 1.69. The lowest BCUT2D eigenvalue weighted by molar-refractivity contribution is -0.146. The smallest absolute Gasteiger partial charge is 0.306 e. The van der Waals surface area contributed by atoms with Gasteiger partial charge in [-0.3, -0.25) is 9.59 Å². The molecule has 3 nitrogen and oxygen atoms in total. The molecule has 0 saturated heterocycles. The molecule has 1 N–H and O–H groups in total. The molecule has 0 aromatic heterocycles. The predicted octanol–water partition coefficient (Wildman–Crippen LogP) is 7.77. The molecule has 0 spiro atoms. The van der Waals surface area contributed by atoms with Crippen LogP contribution in [-0.2, 0) is 9.59 Å². The van der Waals surface area contributed by atoms with E-state index in [1.54, 1.807) is 0 Å². The molecule has 0 radical (unpaired) electrons. The summed E-state index contributed by atoms with van der Waals surface area (Å²) in [7, 11) is 0. The maximum Gasteiger partial charge on any atom is 0.306 e. The van der Waals surface area contributed by atoms with Gasteiger partial charge in [-0.25, -0.2) is 0 Å². The van der Waals surface area contributed by atoms with Gasteiger partial charge >= 0.3 is 5.97 Å². The summed E-state index contributed by atoms with van der Waals surface area (Å²) in [5.74, 6) is 0.355. The molecule has 0 amide bonds. The van der Waals surface area contributed by atoms with Gasteiger partial charge in [0, 0.05) is 11.8 Å². The normalized spacial score (nSPS) is 39.5. The van der Waals surface area contributed by atoms with E-state index in [1.807, 2.05) is 0 Å². The molecule has 2 saturated carbocycles. The van der Waals surface area contributed by atoms with E-state index < -0.39 is 5.97 Å². The summed E-state index contributed by atoms with van der Waals surface area (Å²) >= 11 is 0. The Hall–Kier alpha value is -1.64. The van der Waals surface area contributed by atoms with Crippen LogP contribution in [0.25, 0.3) is 0 Å². The van der Waals surface area contributed by atoms with Crippen LogP contribution >= 0.6 is 0 Å². The topological polar surface area (TPSA) is 54.4 Å². The molecular weight excluding hydrogens is 420 g/mol. The molecule has 1 unspecified atom stereocenters. The van der Waals surface area contributed by atoms with Crippen molar-refractivity contribution in [1.29, 1.82) is 0 Å². The van der Waals surface area contributed by atoms with Crippen LogP contribution in [0.3, 0.4) is 0 Å². The summed E-state index contributed by atoms with van der Waals surface area (Å²) in [5, 5.41) is 10.3. The number of rotatable bonds is 6. The highest BCUT2D eigenvalue weighted by Gasteiger charge is 2.63. The zero-order valence-corrected chi connectivity index (χ0v) is 22.6. The molecule has 3 heteroatoms. The standard InChI is InChI=1S/C31H46O3/c1-19(2)20(3)9-10-21(27(33)34)22-13-17-31(8)24-11-12-25-28(4,5)26(32)15-16-29(25,6)23(24)14-18-30(22,31)7/h11,14,19,21-22,25H,3,9-10,12-13,15-18H2,1-2,4-8H3,(H,33,34)/t21-,22-,25?,29-,30-,31+/m1/s1. The number of allylic oxidation sites excluding steroid dienone is 5. The van der Waals surface area contributed by atoms with Gasteiger partial charge in [0.05, 0.1) is 5.92 Å². The average Bonchev–Trinajstić information content (AvgIpc) is 3.02. The summed E-state index contributed by atoms with van der Waals surface area (Å²) in [6, 6.07) is 0. The second kappa shape index (κ2) is 8.20. The number of hydrogen-bond donors (Lipinski definition) is 1. The molecule has 0 bridgehead atoms. The average molecular weight is 467 g/mol. The quantitative estimate of drug-likeness (QED) is 0.407. The van der Waals surface area contributed by atoms with Crippen LogP contribution in [0.1, 0.15) is 99.8 Å². The molecule has 4 aliphatic carbocycles. The van der Waals surface area contributed by atoms with Crippen LogP contribution in [0.2, 0.25) is 0 Å². The number of fused-ring (bicyclic) bond motifs is 5. The third-order valence-corrected chi connectivity index (χ3v) is 11.4. The number of Topliss-reactive ketones (excluding diaryl/α,β-unsaturated/α-hetero) is 1. The first-order valence-corrected chi connectivity index (χ1v) is 13.6. The fourth-order valence-corrected chi connectivity index (χ4v) is 8.62. The summed E-state index contributed by atoms with van der Waals surface area (Å²) in [4.78, 5) is 25.3. The minimum absolute atomic E-state index is 0.00984. The molecule has 34 heavy (non-hydrogen) atoms. The third-order valence-electron chi connectivity index (χ3n) is 11.4. The molecule has 4 rings (SSSR count). The number of carboxylic acid groups (broad SMARTS) is 1. The molecule has 0 aliphatic heterocycles. The van der Waals surface area contributed by atoms with Crippen molar-refractivity contribution in [3.8, 4) is 0 Å². The van der Waals surface area contributed by atoms with E-state index in [0.29, 0.717) is 30.5 Å². The van der Waals surface area contributed by atoms with Gasteiger partial charge in [0.15, 0.2) is 0 Å². The number of hydrogen-bond acceptors (Lipinski definition) is 2. The first kappa shape index (κ1) is 25.5. The highest BCUT2D eigenvalue weighted by Crippen LogP contribution is 2.71. The predicted molar refractivity (Wildman–Crippen MR) is 138 cm³/mol. The van der Waals surface area contributed by atoms with Gasteiger partial charge in [0.25, 0.3) is 0 Å². The highest BCUT2D eigenvalue weighted by atomic mass is 16.4. The Morgan fingerprint density at radius 3 is 2.41 bits per heavy atom. The van der Waals surface area contributed by atoms with E-state index in [1.165, 1.54) is 11.1 Å². The molecule has 6 atom stereocenters. The van der Waals surface area contributed by atoms with Crippen molar-refractivity contribution in [3.63, 3.8) is 0 Å². The summed E-state index contributed by atoms with van der Waals surface area (Å²) in [6.45, 7) is 20.0. The summed E-state index contributed by atoms with van der Waals surface area (Å²) in [6.07, 6.45) is 11.9. The van der Waals surface area contributed by atoms with Gasteiger partial charge in [-0.2, -0.15) is 0 Å². The SMILES string of the molecule is C=C(CC[C@@H](C(=O)O)[C@H]1CC[C@@]2(C)C3=CCC4C(C)(C)C(=O)CC[C@]4(C)C3=CC[C@]12C)C(C)C. The van der Waals surface area contributed by atoms with Crippen LogP contribution in [0, 0.1) is 45.3 Å². The van der Waals surface area contributed by atoms with Crippen molar-refractivity contribution in [2.24, 2.45) is 45.3 Å². The van der Waals surface area contributed by atoms with Gasteiger partial charge in [0.1, 0.15) is 5.78 Å². The largest absolute Gasteiger partial charge is 0.481 e. The Bertz CT molecular complexity index is 965. The van der Waals surface area contributed by atoms with Crippen LogP contribution in [0.15, 0.2) is 35.5 Å². The van der Waals surface area contributed by atoms with Crippen LogP contribution in [0.5, 0.6) is 0 Å². The zero-order chi connectivity index (χ0) is 25.3. The van der Waals surface area contributed by atoms with Crippen LogP contribution < -0.4 is 0 Å². The highest BCUT2D eigenvalue weighted by molar-refractivity contribution is 5.86. The van der Waals surface area contributed by atoms with Gasteiger partial charge in [-0.15, -0.1) is 0 Å². The summed E-state index contributed by atoms with van der Waals surface area (Å²) < 4.78 is 0. The second-order valence-electron chi connectivity index (χ2n) is 13.5. The summed E-state index contributed by atoms with van der Waals surface area (Å²) in [5.41, 5.74) is 3.78.